The molecule has 0 aliphatic carbocycles. The number of amides is 1. The lowest BCUT2D eigenvalue weighted by Gasteiger charge is -2.12. The summed E-state index contributed by atoms with van der Waals surface area (Å²) in [5, 5.41) is 3.87. The zero-order chi connectivity index (χ0) is 13.4. The molecule has 1 atom stereocenters. The van der Waals surface area contributed by atoms with Gasteiger partial charge in [-0.2, -0.15) is 5.10 Å². The van der Waals surface area contributed by atoms with E-state index in [-0.39, 0.29) is 5.91 Å². The summed E-state index contributed by atoms with van der Waals surface area (Å²) in [7, 11) is 0. The SMILES string of the molecule is CC(C)CC=NNC(=O)[C@H](C)Oc1ccccc1. The van der Waals surface area contributed by atoms with Crippen molar-refractivity contribution < 1.29 is 9.53 Å². The molecule has 0 aliphatic rings. The molecule has 1 rings (SSSR count). The molecule has 0 fully saturated rings. The van der Waals surface area contributed by atoms with Crippen molar-refractivity contribution in [1.29, 1.82) is 0 Å². The Balaban J connectivity index is 2.35. The summed E-state index contributed by atoms with van der Waals surface area (Å²) in [5.41, 5.74) is 2.46. The molecule has 0 saturated carbocycles. The van der Waals surface area contributed by atoms with Crippen LogP contribution in [0, 0.1) is 5.92 Å². The molecule has 1 amide bonds. The first-order chi connectivity index (χ1) is 8.59. The Morgan fingerprint density at radius 2 is 2.00 bits per heavy atom. The third-order valence-corrected chi connectivity index (χ3v) is 2.27. The van der Waals surface area contributed by atoms with Crippen LogP contribution in [-0.4, -0.2) is 18.2 Å². The Morgan fingerprint density at radius 3 is 2.61 bits per heavy atom. The second-order valence-corrected chi connectivity index (χ2v) is 4.49. The highest BCUT2D eigenvalue weighted by Crippen LogP contribution is 2.10. The predicted octanol–water partition coefficient (Wildman–Crippen LogP) is 2.60. The summed E-state index contributed by atoms with van der Waals surface area (Å²) in [6.45, 7) is 5.88. The van der Waals surface area contributed by atoms with Crippen molar-refractivity contribution in [3.63, 3.8) is 0 Å². The van der Waals surface area contributed by atoms with Gasteiger partial charge in [0.1, 0.15) is 5.75 Å². The van der Waals surface area contributed by atoms with Crippen LogP contribution in [0.5, 0.6) is 5.75 Å². The molecule has 0 heterocycles. The maximum atomic E-state index is 11.6. The van der Waals surface area contributed by atoms with Gasteiger partial charge in [0, 0.05) is 6.21 Å². The van der Waals surface area contributed by atoms with Crippen molar-refractivity contribution in [2.24, 2.45) is 11.0 Å². The zero-order valence-electron chi connectivity index (χ0n) is 11.1. The monoisotopic (exact) mass is 248 g/mol. The fraction of sp³-hybridized carbons (Fsp3) is 0.429. The number of carbonyl (C=O) groups is 1. The van der Waals surface area contributed by atoms with E-state index in [2.05, 4.69) is 24.4 Å². The highest BCUT2D eigenvalue weighted by Gasteiger charge is 2.13. The van der Waals surface area contributed by atoms with Crippen LogP contribution in [0.15, 0.2) is 35.4 Å². The standard InChI is InChI=1S/C14H20N2O2/c1-11(2)9-10-15-16-14(17)12(3)18-13-7-5-4-6-8-13/h4-8,10-12H,9H2,1-3H3,(H,16,17)/t12-/m0/s1. The summed E-state index contributed by atoms with van der Waals surface area (Å²) in [5.74, 6) is 0.953. The molecule has 98 valence electrons. The molecular formula is C14H20N2O2. The molecule has 0 aliphatic heterocycles. The first-order valence-corrected chi connectivity index (χ1v) is 6.12. The van der Waals surface area contributed by atoms with Gasteiger partial charge in [-0.1, -0.05) is 32.0 Å². The number of para-hydroxylation sites is 1. The van der Waals surface area contributed by atoms with Gasteiger partial charge in [-0.25, -0.2) is 5.43 Å². The number of hydrazone groups is 1. The highest BCUT2D eigenvalue weighted by molar-refractivity contribution is 5.81. The van der Waals surface area contributed by atoms with Crippen LogP contribution < -0.4 is 10.2 Å². The molecule has 1 N–H and O–H groups in total. The lowest BCUT2D eigenvalue weighted by molar-refractivity contribution is -0.127. The predicted molar refractivity (Wildman–Crippen MR) is 72.6 cm³/mol. The van der Waals surface area contributed by atoms with E-state index >= 15 is 0 Å². The molecule has 1 aromatic carbocycles. The first-order valence-electron chi connectivity index (χ1n) is 6.12. The van der Waals surface area contributed by atoms with Crippen LogP contribution in [0.1, 0.15) is 27.2 Å². The molecule has 18 heavy (non-hydrogen) atoms. The van der Waals surface area contributed by atoms with Gasteiger partial charge < -0.3 is 4.74 Å². The minimum atomic E-state index is -0.566. The number of hydrogen-bond donors (Lipinski definition) is 1. The second-order valence-electron chi connectivity index (χ2n) is 4.49. The van der Waals surface area contributed by atoms with Gasteiger partial charge in [-0.15, -0.1) is 0 Å². The fourth-order valence-electron chi connectivity index (χ4n) is 1.22. The zero-order valence-corrected chi connectivity index (χ0v) is 11.1. The molecule has 4 nitrogen and oxygen atoms in total. The van der Waals surface area contributed by atoms with Gasteiger partial charge >= 0.3 is 0 Å². The summed E-state index contributed by atoms with van der Waals surface area (Å²) < 4.78 is 5.47. The maximum Gasteiger partial charge on any atom is 0.280 e. The fourth-order valence-corrected chi connectivity index (χ4v) is 1.22. The molecule has 0 bridgehead atoms. The Labute approximate surface area is 108 Å². The van der Waals surface area contributed by atoms with Gasteiger partial charge in [-0.05, 0) is 31.4 Å². The van der Waals surface area contributed by atoms with E-state index < -0.39 is 6.10 Å². The van der Waals surface area contributed by atoms with Crippen LogP contribution >= 0.6 is 0 Å². The highest BCUT2D eigenvalue weighted by atomic mass is 16.5. The number of rotatable bonds is 6. The molecule has 0 spiro atoms. The second kappa shape index (κ2) is 7.48. The molecule has 4 heteroatoms. The van der Waals surface area contributed by atoms with E-state index in [1.54, 1.807) is 13.1 Å². The van der Waals surface area contributed by atoms with E-state index in [0.717, 1.165) is 6.42 Å². The van der Waals surface area contributed by atoms with Gasteiger partial charge in [0.15, 0.2) is 6.10 Å². The smallest absolute Gasteiger partial charge is 0.280 e. The number of nitrogens with zero attached hydrogens (tertiary/aromatic N) is 1. The molecule has 0 radical (unpaired) electrons. The maximum absolute atomic E-state index is 11.6. The van der Waals surface area contributed by atoms with Gasteiger partial charge in [0.2, 0.25) is 0 Å². The lowest BCUT2D eigenvalue weighted by atomic mass is 10.2. The van der Waals surface area contributed by atoms with Gasteiger partial charge in [0.25, 0.3) is 5.91 Å². The van der Waals surface area contributed by atoms with Crippen LogP contribution in [-0.2, 0) is 4.79 Å². The van der Waals surface area contributed by atoms with Crippen molar-refractivity contribution in [1.82, 2.24) is 5.43 Å². The van der Waals surface area contributed by atoms with Crippen LogP contribution in [0.3, 0.4) is 0 Å². The molecule has 0 aromatic heterocycles. The Kier molecular flexibility index (Phi) is 5.91. The number of nitrogens with one attached hydrogen (secondary N) is 1. The van der Waals surface area contributed by atoms with Crippen molar-refractivity contribution >= 4 is 12.1 Å². The van der Waals surface area contributed by atoms with E-state index in [4.69, 9.17) is 4.74 Å². The Morgan fingerprint density at radius 1 is 1.33 bits per heavy atom. The van der Waals surface area contributed by atoms with Crippen LogP contribution in [0.4, 0.5) is 0 Å². The van der Waals surface area contributed by atoms with Crippen LogP contribution in [0.2, 0.25) is 0 Å². The molecular weight excluding hydrogens is 228 g/mol. The minimum Gasteiger partial charge on any atom is -0.481 e. The summed E-state index contributed by atoms with van der Waals surface area (Å²) in [6, 6.07) is 9.24. The van der Waals surface area contributed by atoms with Crippen molar-refractivity contribution in [2.45, 2.75) is 33.3 Å². The van der Waals surface area contributed by atoms with E-state index in [1.165, 1.54) is 0 Å². The summed E-state index contributed by atoms with van der Waals surface area (Å²) in [4.78, 5) is 11.6. The first kappa shape index (κ1) is 14.2. The number of benzene rings is 1. The van der Waals surface area contributed by atoms with E-state index in [0.29, 0.717) is 11.7 Å². The normalized spacial score (nSPS) is 12.7. The van der Waals surface area contributed by atoms with E-state index in [9.17, 15) is 4.79 Å². The number of carbonyl (C=O) groups excluding carboxylic acids is 1. The molecule has 1 aromatic rings. The Hall–Kier alpha value is -1.84. The Bertz CT molecular complexity index is 388. The number of ether oxygens (including phenoxy) is 1. The summed E-state index contributed by atoms with van der Waals surface area (Å²) >= 11 is 0. The minimum absolute atomic E-state index is 0.251. The van der Waals surface area contributed by atoms with E-state index in [1.807, 2.05) is 30.3 Å². The van der Waals surface area contributed by atoms with Crippen LogP contribution in [0.25, 0.3) is 0 Å². The molecule has 0 unspecified atom stereocenters. The lowest BCUT2D eigenvalue weighted by Crippen LogP contribution is -2.33. The number of hydrogen-bond acceptors (Lipinski definition) is 3. The van der Waals surface area contributed by atoms with Crippen molar-refractivity contribution in [3.05, 3.63) is 30.3 Å². The third kappa shape index (κ3) is 5.48. The topological polar surface area (TPSA) is 50.7 Å². The average Bonchev–Trinajstić information content (AvgIpc) is 2.35. The van der Waals surface area contributed by atoms with Crippen molar-refractivity contribution in [2.75, 3.05) is 0 Å². The third-order valence-electron chi connectivity index (χ3n) is 2.27. The van der Waals surface area contributed by atoms with Gasteiger partial charge in [0.05, 0.1) is 0 Å². The molecule has 0 saturated heterocycles. The average molecular weight is 248 g/mol. The van der Waals surface area contributed by atoms with Crippen molar-refractivity contribution in [3.8, 4) is 5.75 Å². The quantitative estimate of drug-likeness (QED) is 0.621. The summed E-state index contributed by atoms with van der Waals surface area (Å²) in [6.07, 6.45) is 1.98. The van der Waals surface area contributed by atoms with Gasteiger partial charge in [-0.3, -0.25) is 4.79 Å². The largest absolute Gasteiger partial charge is 0.481 e.